The molecule has 0 aromatic carbocycles. The first-order valence-electron chi connectivity index (χ1n) is 10.3. The molecule has 10 nitrogen and oxygen atoms in total. The first kappa shape index (κ1) is 26.0. The molecule has 0 saturated carbocycles. The number of thiazole rings is 1. The number of carboxylic acids is 1. The highest BCUT2D eigenvalue weighted by atomic mass is 32.1. The Morgan fingerprint density at radius 2 is 2.06 bits per heavy atom. The predicted octanol–water partition coefficient (Wildman–Crippen LogP) is 3.47. The molecule has 0 aliphatic heterocycles. The smallest absolute Gasteiger partial charge is 0.410 e. The molecule has 2 aromatic rings. The topological polar surface area (TPSA) is 144 Å². The Kier molecular flexibility index (Phi) is 9.09. The van der Waals surface area contributed by atoms with Gasteiger partial charge >= 0.3 is 12.1 Å². The maximum Gasteiger partial charge on any atom is 0.410 e. The molecule has 0 radical (unpaired) electrons. The molecule has 2 heterocycles. The van der Waals surface area contributed by atoms with Crippen LogP contribution in [0.3, 0.4) is 0 Å². The number of nitrogens with zero attached hydrogens (tertiary/aromatic N) is 4. The second-order valence-corrected chi connectivity index (χ2v) is 9.13. The third-order valence-corrected chi connectivity index (χ3v) is 5.17. The number of anilines is 1. The zero-order chi connectivity index (χ0) is 24.6. The van der Waals surface area contributed by atoms with Gasteiger partial charge in [-0.15, -0.1) is 0 Å². The third-order valence-electron chi connectivity index (χ3n) is 4.15. The summed E-state index contributed by atoms with van der Waals surface area (Å²) in [6.07, 6.45) is 3.78. The van der Waals surface area contributed by atoms with Crippen molar-refractivity contribution in [1.29, 1.82) is 0 Å². The second-order valence-electron chi connectivity index (χ2n) is 8.07. The standard InChI is InChI=1S/C21H29FN6O4S/c1-5-6-13(22)14(23)11-24-18-17-19(26-12-25-18)33-15(27-17)7-9-28(10-8-16(29)30)20(31)32-21(2,3)4/h5-6,12H,7-11,23H2,1-4H3,(H,29,30)(H,24,25,26)/b6-5-,14-13+. The number of hydrogen-bond donors (Lipinski definition) is 3. The van der Waals surface area contributed by atoms with E-state index >= 15 is 0 Å². The second kappa shape index (κ2) is 11.5. The van der Waals surface area contributed by atoms with E-state index in [0.29, 0.717) is 27.6 Å². The van der Waals surface area contributed by atoms with Gasteiger partial charge < -0.3 is 25.8 Å². The lowest BCUT2D eigenvalue weighted by atomic mass is 10.2. The van der Waals surface area contributed by atoms with Crippen LogP contribution in [0.25, 0.3) is 10.3 Å². The van der Waals surface area contributed by atoms with E-state index < -0.39 is 23.5 Å². The van der Waals surface area contributed by atoms with Gasteiger partial charge in [0.2, 0.25) is 0 Å². The average Bonchev–Trinajstić information content (AvgIpc) is 3.14. The Hall–Kier alpha value is -3.28. The van der Waals surface area contributed by atoms with Gasteiger partial charge in [0.05, 0.1) is 23.7 Å². The van der Waals surface area contributed by atoms with Crippen LogP contribution in [0, 0.1) is 0 Å². The number of allylic oxidation sites excluding steroid dienone is 3. The van der Waals surface area contributed by atoms with Crippen molar-refractivity contribution in [2.24, 2.45) is 5.73 Å². The number of hydrogen-bond acceptors (Lipinski definition) is 9. The molecular weight excluding hydrogens is 451 g/mol. The molecule has 4 N–H and O–H groups in total. The van der Waals surface area contributed by atoms with E-state index in [1.165, 1.54) is 28.6 Å². The Labute approximate surface area is 195 Å². The SMILES string of the molecule is C/C=C\C(F)=C(/N)CNc1ncnc2sc(CCN(CCC(=O)O)C(=O)OC(C)(C)C)nc12. The van der Waals surface area contributed by atoms with Crippen molar-refractivity contribution >= 4 is 39.6 Å². The fourth-order valence-electron chi connectivity index (χ4n) is 2.63. The van der Waals surface area contributed by atoms with E-state index in [-0.39, 0.29) is 31.8 Å². The molecule has 0 atom stereocenters. The monoisotopic (exact) mass is 480 g/mol. The fraction of sp³-hybridized carbons (Fsp3) is 0.476. The molecule has 33 heavy (non-hydrogen) atoms. The summed E-state index contributed by atoms with van der Waals surface area (Å²) >= 11 is 1.33. The van der Waals surface area contributed by atoms with E-state index in [0.717, 1.165) is 0 Å². The number of aromatic nitrogens is 3. The molecular formula is C21H29FN6O4S. The minimum absolute atomic E-state index is 0.0190. The van der Waals surface area contributed by atoms with Crippen molar-refractivity contribution in [3.05, 3.63) is 35.0 Å². The van der Waals surface area contributed by atoms with Gasteiger partial charge in [0.25, 0.3) is 0 Å². The lowest BCUT2D eigenvalue weighted by Crippen LogP contribution is -2.39. The zero-order valence-electron chi connectivity index (χ0n) is 19.1. The van der Waals surface area contributed by atoms with E-state index in [1.807, 2.05) is 0 Å². The molecule has 0 unspecified atom stereocenters. The number of halogens is 1. The first-order valence-corrected chi connectivity index (χ1v) is 11.1. The van der Waals surface area contributed by atoms with Gasteiger partial charge in [-0.05, 0) is 33.8 Å². The number of carboxylic acid groups (broad SMARTS) is 1. The van der Waals surface area contributed by atoms with Crippen LogP contribution in [-0.4, -0.2) is 62.3 Å². The normalized spacial score (nSPS) is 12.6. The van der Waals surface area contributed by atoms with Crippen LogP contribution in [0.15, 0.2) is 30.0 Å². The number of rotatable bonds is 10. The van der Waals surface area contributed by atoms with Gasteiger partial charge in [-0.1, -0.05) is 17.4 Å². The van der Waals surface area contributed by atoms with Crippen molar-refractivity contribution in [2.75, 3.05) is 25.0 Å². The fourth-order valence-corrected chi connectivity index (χ4v) is 3.52. The molecule has 0 fully saturated rings. The van der Waals surface area contributed by atoms with E-state index in [4.69, 9.17) is 15.6 Å². The number of aliphatic carboxylic acids is 1. The van der Waals surface area contributed by atoms with Crippen molar-refractivity contribution in [2.45, 2.75) is 46.1 Å². The van der Waals surface area contributed by atoms with Crippen LogP contribution >= 0.6 is 11.3 Å². The Morgan fingerprint density at radius 3 is 2.70 bits per heavy atom. The van der Waals surface area contributed by atoms with Crippen molar-refractivity contribution in [3.63, 3.8) is 0 Å². The molecule has 180 valence electrons. The van der Waals surface area contributed by atoms with E-state index in [2.05, 4.69) is 20.3 Å². The molecule has 0 aliphatic carbocycles. The molecule has 0 aliphatic rings. The average molecular weight is 481 g/mol. The van der Waals surface area contributed by atoms with Gasteiger partial charge in [0, 0.05) is 19.5 Å². The molecule has 2 rings (SSSR count). The summed E-state index contributed by atoms with van der Waals surface area (Å²) in [5.41, 5.74) is 5.58. The number of carbonyl (C=O) groups excluding carboxylic acids is 1. The summed E-state index contributed by atoms with van der Waals surface area (Å²) in [6.45, 7) is 7.20. The predicted molar refractivity (Wildman–Crippen MR) is 125 cm³/mol. The highest BCUT2D eigenvalue weighted by Gasteiger charge is 2.23. The Balaban J connectivity index is 2.13. The molecule has 0 spiro atoms. The van der Waals surface area contributed by atoms with Crippen molar-refractivity contribution < 1.29 is 23.8 Å². The Bertz CT molecular complexity index is 1050. The van der Waals surface area contributed by atoms with E-state index in [1.54, 1.807) is 33.8 Å². The van der Waals surface area contributed by atoms with Gasteiger partial charge in [0.1, 0.15) is 28.1 Å². The number of ether oxygens (including phenoxy) is 1. The quantitative estimate of drug-likeness (QED) is 0.435. The lowest BCUT2D eigenvalue weighted by Gasteiger charge is -2.26. The highest BCUT2D eigenvalue weighted by molar-refractivity contribution is 7.18. The van der Waals surface area contributed by atoms with Crippen molar-refractivity contribution in [1.82, 2.24) is 19.9 Å². The van der Waals surface area contributed by atoms with Crippen LogP contribution in [0.5, 0.6) is 0 Å². The molecule has 0 saturated heterocycles. The molecule has 12 heteroatoms. The summed E-state index contributed by atoms with van der Waals surface area (Å²) in [5, 5.41) is 12.6. The van der Waals surface area contributed by atoms with Gasteiger partial charge in [0.15, 0.2) is 5.82 Å². The van der Waals surface area contributed by atoms with Gasteiger partial charge in [-0.25, -0.2) is 24.1 Å². The van der Waals surface area contributed by atoms with Crippen LogP contribution in [0.2, 0.25) is 0 Å². The molecule has 0 bridgehead atoms. The summed E-state index contributed by atoms with van der Waals surface area (Å²) in [5.74, 6) is -1.12. The number of carbonyl (C=O) groups is 2. The Morgan fingerprint density at radius 1 is 1.33 bits per heavy atom. The molecule has 1 amide bonds. The van der Waals surface area contributed by atoms with Crippen LogP contribution in [0.1, 0.15) is 39.1 Å². The van der Waals surface area contributed by atoms with Crippen LogP contribution in [-0.2, 0) is 16.0 Å². The largest absolute Gasteiger partial charge is 0.481 e. The third kappa shape index (κ3) is 8.29. The minimum Gasteiger partial charge on any atom is -0.481 e. The maximum atomic E-state index is 13.8. The minimum atomic E-state index is -1.01. The summed E-state index contributed by atoms with van der Waals surface area (Å²) in [4.78, 5) is 38.4. The number of amides is 1. The molecule has 2 aromatic heterocycles. The number of nitrogens with one attached hydrogen (secondary N) is 1. The lowest BCUT2D eigenvalue weighted by molar-refractivity contribution is -0.137. The van der Waals surface area contributed by atoms with Gasteiger partial charge in [-0.2, -0.15) is 0 Å². The zero-order valence-corrected chi connectivity index (χ0v) is 19.9. The summed E-state index contributed by atoms with van der Waals surface area (Å²) < 4.78 is 19.2. The number of nitrogens with two attached hydrogens (primary N) is 1. The first-order chi connectivity index (χ1) is 15.5. The van der Waals surface area contributed by atoms with Crippen LogP contribution < -0.4 is 11.1 Å². The van der Waals surface area contributed by atoms with E-state index in [9.17, 15) is 14.0 Å². The highest BCUT2D eigenvalue weighted by Crippen LogP contribution is 2.25. The summed E-state index contributed by atoms with van der Waals surface area (Å²) in [7, 11) is 0. The van der Waals surface area contributed by atoms with Gasteiger partial charge in [-0.3, -0.25) is 4.79 Å². The van der Waals surface area contributed by atoms with Crippen molar-refractivity contribution in [3.8, 4) is 0 Å². The number of fused-ring (bicyclic) bond motifs is 1. The maximum absolute atomic E-state index is 13.8. The van der Waals surface area contributed by atoms with Crippen LogP contribution in [0.4, 0.5) is 15.0 Å². The summed E-state index contributed by atoms with van der Waals surface area (Å²) in [6, 6.07) is 0.